The van der Waals surface area contributed by atoms with E-state index in [0.29, 0.717) is 12.5 Å². The summed E-state index contributed by atoms with van der Waals surface area (Å²) in [4.78, 5) is 12.2. The molecular weight excluding hydrogens is 262 g/mol. The fraction of sp³-hybridized carbons (Fsp3) is 0.765. The molecule has 1 amide bonds. The van der Waals surface area contributed by atoms with E-state index in [4.69, 9.17) is 0 Å². The Kier molecular flexibility index (Phi) is 4.05. The van der Waals surface area contributed by atoms with Gasteiger partial charge in [-0.05, 0) is 63.9 Å². The molecule has 0 radical (unpaired) electrons. The summed E-state index contributed by atoms with van der Waals surface area (Å²) >= 11 is 0. The maximum Gasteiger partial charge on any atom is 0.220 e. The van der Waals surface area contributed by atoms with Crippen molar-refractivity contribution in [2.75, 3.05) is 6.54 Å². The van der Waals surface area contributed by atoms with Crippen LogP contribution >= 0.6 is 0 Å². The number of carbonyl (C=O) groups excluding carboxylic acids is 1. The second kappa shape index (κ2) is 5.82. The first-order valence-corrected chi connectivity index (χ1v) is 8.32. The Bertz CT molecular complexity index is 522. The Hall–Kier alpha value is -1.32. The van der Waals surface area contributed by atoms with Gasteiger partial charge in [-0.3, -0.25) is 9.48 Å². The third kappa shape index (κ3) is 3.14. The summed E-state index contributed by atoms with van der Waals surface area (Å²) in [6.45, 7) is 6.84. The monoisotopic (exact) mass is 289 g/mol. The highest BCUT2D eigenvalue weighted by Crippen LogP contribution is 2.49. The number of aryl methyl sites for hydroxylation is 2. The average Bonchev–Trinajstić information content (AvgIpc) is 3.11. The van der Waals surface area contributed by atoms with E-state index in [1.165, 1.54) is 25.7 Å². The third-order valence-corrected chi connectivity index (χ3v) is 5.39. The molecule has 1 heterocycles. The van der Waals surface area contributed by atoms with E-state index in [2.05, 4.69) is 30.3 Å². The summed E-state index contributed by atoms with van der Waals surface area (Å²) in [7, 11) is 0. The zero-order valence-electron chi connectivity index (χ0n) is 13.4. The van der Waals surface area contributed by atoms with Gasteiger partial charge < -0.3 is 5.32 Å². The summed E-state index contributed by atoms with van der Waals surface area (Å²) in [5.41, 5.74) is 2.19. The highest BCUT2D eigenvalue weighted by molar-refractivity contribution is 5.76. The highest BCUT2D eigenvalue weighted by Gasteiger charge is 2.40. The van der Waals surface area contributed by atoms with Crippen molar-refractivity contribution < 1.29 is 4.79 Å². The van der Waals surface area contributed by atoms with Crippen molar-refractivity contribution in [1.82, 2.24) is 15.1 Å². The molecular formula is C17H27N3O. The van der Waals surface area contributed by atoms with E-state index in [0.717, 1.165) is 29.6 Å². The molecule has 2 aliphatic carbocycles. The molecule has 1 aromatic heterocycles. The molecule has 4 heteroatoms. The predicted molar refractivity (Wildman–Crippen MR) is 83.0 cm³/mol. The van der Waals surface area contributed by atoms with E-state index < -0.39 is 0 Å². The number of amides is 1. The molecule has 4 unspecified atom stereocenters. The van der Waals surface area contributed by atoms with Crippen LogP contribution < -0.4 is 5.32 Å². The Morgan fingerprint density at radius 1 is 1.43 bits per heavy atom. The summed E-state index contributed by atoms with van der Waals surface area (Å²) in [5, 5.41) is 7.59. The molecule has 4 nitrogen and oxygen atoms in total. The Labute approximate surface area is 127 Å². The molecule has 0 aliphatic heterocycles. The number of nitrogens with zero attached hydrogens (tertiary/aromatic N) is 2. The van der Waals surface area contributed by atoms with Crippen LogP contribution in [0.3, 0.4) is 0 Å². The third-order valence-electron chi connectivity index (χ3n) is 5.39. The van der Waals surface area contributed by atoms with Crippen molar-refractivity contribution in [1.29, 1.82) is 0 Å². The zero-order chi connectivity index (χ0) is 15.0. The SMILES string of the molecule is Cc1cc(C)n(C(C)CNC(=O)CC2CC3CCC2C3)n1. The molecule has 0 saturated heterocycles. The molecule has 116 valence electrons. The van der Waals surface area contributed by atoms with E-state index in [1.54, 1.807) is 0 Å². The fourth-order valence-electron chi connectivity index (χ4n) is 4.38. The predicted octanol–water partition coefficient (Wildman–Crippen LogP) is 3.00. The minimum atomic E-state index is 0.211. The lowest BCUT2D eigenvalue weighted by molar-refractivity contribution is -0.122. The number of rotatable bonds is 5. The summed E-state index contributed by atoms with van der Waals surface area (Å²) in [6, 6.07) is 2.29. The van der Waals surface area contributed by atoms with Gasteiger partial charge in [-0.1, -0.05) is 6.42 Å². The zero-order valence-corrected chi connectivity index (χ0v) is 13.4. The molecule has 4 atom stereocenters. The van der Waals surface area contributed by atoms with Gasteiger partial charge in [0.25, 0.3) is 0 Å². The summed E-state index contributed by atoms with van der Waals surface area (Å²) in [5.74, 6) is 2.62. The van der Waals surface area contributed by atoms with E-state index in [9.17, 15) is 4.79 Å². The van der Waals surface area contributed by atoms with Crippen molar-refractivity contribution in [2.45, 2.75) is 58.9 Å². The Morgan fingerprint density at radius 3 is 2.81 bits per heavy atom. The van der Waals surface area contributed by atoms with Crippen molar-refractivity contribution >= 4 is 5.91 Å². The maximum absolute atomic E-state index is 12.2. The van der Waals surface area contributed by atoms with Gasteiger partial charge in [-0.15, -0.1) is 0 Å². The highest BCUT2D eigenvalue weighted by atomic mass is 16.1. The first-order chi connectivity index (χ1) is 10.0. The lowest BCUT2D eigenvalue weighted by Crippen LogP contribution is -2.32. The molecule has 2 fully saturated rings. The van der Waals surface area contributed by atoms with Gasteiger partial charge in [-0.2, -0.15) is 5.10 Å². The molecule has 2 aliphatic rings. The Balaban J connectivity index is 1.46. The second-order valence-corrected chi connectivity index (χ2v) is 7.16. The first kappa shape index (κ1) is 14.6. The van der Waals surface area contributed by atoms with Crippen molar-refractivity contribution in [3.8, 4) is 0 Å². The molecule has 2 saturated carbocycles. The average molecular weight is 289 g/mol. The standard InChI is InChI=1S/C17H27N3O/c1-11-6-12(2)20(19-11)13(3)10-18-17(21)9-16-8-14-4-5-15(16)7-14/h6,13-16H,4-5,7-10H2,1-3H3,(H,18,21). The quantitative estimate of drug-likeness (QED) is 0.905. The van der Waals surface area contributed by atoms with Crippen LogP contribution in [0.15, 0.2) is 6.07 Å². The summed E-state index contributed by atoms with van der Waals surface area (Å²) in [6.07, 6.45) is 6.14. The lowest BCUT2D eigenvalue weighted by Gasteiger charge is -2.21. The molecule has 3 rings (SSSR count). The van der Waals surface area contributed by atoms with Crippen LogP contribution in [0.2, 0.25) is 0 Å². The van der Waals surface area contributed by atoms with Crippen LogP contribution in [-0.2, 0) is 4.79 Å². The minimum absolute atomic E-state index is 0.211. The van der Waals surface area contributed by atoms with Crippen LogP contribution in [-0.4, -0.2) is 22.2 Å². The molecule has 1 aromatic rings. The molecule has 1 N–H and O–H groups in total. The van der Waals surface area contributed by atoms with E-state index in [-0.39, 0.29) is 11.9 Å². The number of hydrogen-bond donors (Lipinski definition) is 1. The van der Waals surface area contributed by atoms with Gasteiger partial charge in [0.1, 0.15) is 0 Å². The largest absolute Gasteiger partial charge is 0.354 e. The number of hydrogen-bond acceptors (Lipinski definition) is 2. The number of aromatic nitrogens is 2. The second-order valence-electron chi connectivity index (χ2n) is 7.16. The van der Waals surface area contributed by atoms with Crippen LogP contribution in [0.1, 0.15) is 56.5 Å². The van der Waals surface area contributed by atoms with E-state index >= 15 is 0 Å². The molecule has 2 bridgehead atoms. The Morgan fingerprint density at radius 2 is 2.24 bits per heavy atom. The maximum atomic E-state index is 12.2. The molecule has 21 heavy (non-hydrogen) atoms. The topological polar surface area (TPSA) is 46.9 Å². The number of carbonyl (C=O) groups is 1. The van der Waals surface area contributed by atoms with Crippen molar-refractivity contribution in [2.24, 2.45) is 17.8 Å². The van der Waals surface area contributed by atoms with Crippen LogP contribution in [0.4, 0.5) is 0 Å². The van der Waals surface area contributed by atoms with Crippen LogP contribution in [0, 0.1) is 31.6 Å². The molecule has 0 spiro atoms. The van der Waals surface area contributed by atoms with Gasteiger partial charge in [0.05, 0.1) is 11.7 Å². The number of nitrogens with one attached hydrogen (secondary N) is 1. The minimum Gasteiger partial charge on any atom is -0.354 e. The van der Waals surface area contributed by atoms with Crippen LogP contribution in [0.25, 0.3) is 0 Å². The van der Waals surface area contributed by atoms with E-state index in [1.807, 2.05) is 11.6 Å². The first-order valence-electron chi connectivity index (χ1n) is 8.32. The lowest BCUT2D eigenvalue weighted by atomic mass is 9.86. The van der Waals surface area contributed by atoms with Crippen molar-refractivity contribution in [3.05, 3.63) is 17.5 Å². The van der Waals surface area contributed by atoms with Gasteiger partial charge >= 0.3 is 0 Å². The number of fused-ring (bicyclic) bond motifs is 2. The molecule has 0 aromatic carbocycles. The van der Waals surface area contributed by atoms with Gasteiger partial charge in [0, 0.05) is 18.7 Å². The normalized spacial score (nSPS) is 28.8. The van der Waals surface area contributed by atoms with Gasteiger partial charge in [0.2, 0.25) is 5.91 Å². The van der Waals surface area contributed by atoms with Gasteiger partial charge in [0.15, 0.2) is 0 Å². The smallest absolute Gasteiger partial charge is 0.220 e. The summed E-state index contributed by atoms with van der Waals surface area (Å²) < 4.78 is 2.01. The van der Waals surface area contributed by atoms with Gasteiger partial charge in [-0.25, -0.2) is 0 Å². The van der Waals surface area contributed by atoms with Crippen LogP contribution in [0.5, 0.6) is 0 Å². The fourth-order valence-corrected chi connectivity index (χ4v) is 4.38. The van der Waals surface area contributed by atoms with Crippen molar-refractivity contribution in [3.63, 3.8) is 0 Å².